The average molecular weight is 474 g/mol. The molecule has 0 atom stereocenters. The fourth-order valence-electron chi connectivity index (χ4n) is 2.05. The minimum Gasteiger partial charge on any atom is -0.379 e. The number of thiophene rings is 1. The first-order valence-corrected chi connectivity index (χ1v) is 9.68. The lowest BCUT2D eigenvalue weighted by Gasteiger charge is -2.26. The fraction of sp³-hybridized carbons (Fsp3) is 0.615. The predicted octanol–water partition coefficient (Wildman–Crippen LogP) is 0.693. The molecular formula is C13H23IN4O3S2. The van der Waals surface area contributed by atoms with Crippen molar-refractivity contribution in [1.29, 1.82) is 0 Å². The van der Waals surface area contributed by atoms with Crippen molar-refractivity contribution in [3.05, 3.63) is 22.4 Å². The van der Waals surface area contributed by atoms with Gasteiger partial charge in [0.05, 0.1) is 19.0 Å². The summed E-state index contributed by atoms with van der Waals surface area (Å²) in [6.45, 7) is 2.80. The van der Waals surface area contributed by atoms with E-state index < -0.39 is 10.0 Å². The molecule has 0 saturated carbocycles. The Hall–Kier alpha value is -0.430. The zero-order valence-corrected chi connectivity index (χ0v) is 17.0. The van der Waals surface area contributed by atoms with Gasteiger partial charge in [-0.05, 0) is 22.4 Å². The summed E-state index contributed by atoms with van der Waals surface area (Å²) in [5, 5.41) is 10.3. The van der Waals surface area contributed by atoms with Crippen molar-refractivity contribution in [2.75, 3.05) is 45.6 Å². The summed E-state index contributed by atoms with van der Waals surface area (Å²) >= 11 is 1.64. The quantitative estimate of drug-likeness (QED) is 0.360. The van der Waals surface area contributed by atoms with Crippen LogP contribution >= 0.6 is 35.3 Å². The van der Waals surface area contributed by atoms with Gasteiger partial charge in [-0.2, -0.15) is 15.6 Å². The standard InChI is InChI=1S/C13H22N4O3S2.HI/c1-14-13(16-10-12-2-8-21-11-12)15-3-9-22(18,19)17-4-6-20-7-5-17;/h2,8,11H,3-7,9-10H2,1H3,(H2,14,15,16);1H. The van der Waals surface area contributed by atoms with E-state index in [0.717, 1.165) is 0 Å². The number of rotatable bonds is 6. The van der Waals surface area contributed by atoms with Crippen molar-refractivity contribution >= 4 is 51.3 Å². The summed E-state index contributed by atoms with van der Waals surface area (Å²) in [5.41, 5.74) is 1.17. The molecule has 10 heteroatoms. The molecule has 0 aliphatic carbocycles. The van der Waals surface area contributed by atoms with Crippen LogP contribution in [0.4, 0.5) is 0 Å². The number of sulfonamides is 1. The van der Waals surface area contributed by atoms with Crippen molar-refractivity contribution in [3.8, 4) is 0 Å². The summed E-state index contributed by atoms with van der Waals surface area (Å²) in [6, 6.07) is 2.04. The van der Waals surface area contributed by atoms with E-state index in [9.17, 15) is 8.42 Å². The van der Waals surface area contributed by atoms with E-state index in [0.29, 0.717) is 45.4 Å². The Morgan fingerprint density at radius 3 is 2.74 bits per heavy atom. The Kier molecular flexibility index (Phi) is 9.36. The van der Waals surface area contributed by atoms with Gasteiger partial charge < -0.3 is 15.4 Å². The van der Waals surface area contributed by atoms with Crippen LogP contribution in [0.1, 0.15) is 5.56 Å². The van der Waals surface area contributed by atoms with Crippen LogP contribution in [0.2, 0.25) is 0 Å². The second-order valence-electron chi connectivity index (χ2n) is 4.81. The third-order valence-corrected chi connectivity index (χ3v) is 5.88. The van der Waals surface area contributed by atoms with Crippen molar-refractivity contribution in [2.24, 2.45) is 4.99 Å². The van der Waals surface area contributed by atoms with Crippen LogP contribution in [0.5, 0.6) is 0 Å². The number of guanidine groups is 1. The van der Waals surface area contributed by atoms with E-state index in [-0.39, 0.29) is 29.7 Å². The van der Waals surface area contributed by atoms with Crippen LogP contribution in [0, 0.1) is 0 Å². The normalized spacial score (nSPS) is 16.7. The Balaban J connectivity index is 0.00000264. The molecule has 2 heterocycles. The lowest BCUT2D eigenvalue weighted by Crippen LogP contribution is -2.45. The number of hydrogen-bond donors (Lipinski definition) is 2. The van der Waals surface area contributed by atoms with Gasteiger partial charge in [0.1, 0.15) is 0 Å². The number of hydrogen-bond acceptors (Lipinski definition) is 5. The van der Waals surface area contributed by atoms with E-state index in [1.165, 1.54) is 9.87 Å². The molecule has 1 saturated heterocycles. The van der Waals surface area contributed by atoms with Crippen LogP contribution in [-0.2, 0) is 21.3 Å². The number of halogens is 1. The zero-order chi connectivity index (χ0) is 15.8. The Morgan fingerprint density at radius 2 is 2.13 bits per heavy atom. The Bertz CT molecular complexity index is 572. The van der Waals surface area contributed by atoms with Gasteiger partial charge in [-0.15, -0.1) is 24.0 Å². The van der Waals surface area contributed by atoms with E-state index in [2.05, 4.69) is 21.0 Å². The van der Waals surface area contributed by atoms with Gasteiger partial charge in [0.25, 0.3) is 0 Å². The predicted molar refractivity (Wildman–Crippen MR) is 104 cm³/mol. The van der Waals surface area contributed by atoms with Crippen LogP contribution in [0.15, 0.2) is 21.8 Å². The molecular weight excluding hydrogens is 451 g/mol. The molecule has 2 rings (SSSR count). The second-order valence-corrected chi connectivity index (χ2v) is 7.68. The van der Waals surface area contributed by atoms with Gasteiger partial charge in [-0.3, -0.25) is 4.99 Å². The summed E-state index contributed by atoms with van der Waals surface area (Å²) in [4.78, 5) is 4.09. The van der Waals surface area contributed by atoms with E-state index in [1.807, 2.05) is 11.4 Å². The molecule has 1 aliphatic rings. The maximum Gasteiger partial charge on any atom is 0.215 e. The molecule has 0 unspecified atom stereocenters. The van der Waals surface area contributed by atoms with Crippen molar-refractivity contribution in [2.45, 2.75) is 6.54 Å². The van der Waals surface area contributed by atoms with Crippen molar-refractivity contribution < 1.29 is 13.2 Å². The molecule has 0 radical (unpaired) electrons. The summed E-state index contributed by atoms with van der Waals surface area (Å²) in [5.74, 6) is 0.648. The first kappa shape index (κ1) is 20.6. The van der Waals surface area contributed by atoms with Crippen molar-refractivity contribution in [1.82, 2.24) is 14.9 Å². The van der Waals surface area contributed by atoms with Crippen LogP contribution in [0.25, 0.3) is 0 Å². The van der Waals surface area contributed by atoms with Gasteiger partial charge in [0.2, 0.25) is 10.0 Å². The van der Waals surface area contributed by atoms with Gasteiger partial charge in [-0.1, -0.05) is 0 Å². The molecule has 0 bridgehead atoms. The highest BCUT2D eigenvalue weighted by atomic mass is 127. The van der Waals surface area contributed by atoms with Crippen LogP contribution in [0.3, 0.4) is 0 Å². The number of ether oxygens (including phenoxy) is 1. The molecule has 0 spiro atoms. The molecule has 1 fully saturated rings. The molecule has 0 aromatic carbocycles. The Morgan fingerprint density at radius 1 is 1.39 bits per heavy atom. The molecule has 1 aromatic heterocycles. The molecule has 7 nitrogen and oxygen atoms in total. The molecule has 1 aromatic rings. The lowest BCUT2D eigenvalue weighted by molar-refractivity contribution is 0.0730. The smallest absolute Gasteiger partial charge is 0.215 e. The maximum absolute atomic E-state index is 12.2. The fourth-order valence-corrected chi connectivity index (χ4v) is 4.04. The highest BCUT2D eigenvalue weighted by molar-refractivity contribution is 14.0. The number of morpholine rings is 1. The van der Waals surface area contributed by atoms with Crippen LogP contribution < -0.4 is 10.6 Å². The average Bonchev–Trinajstić information content (AvgIpc) is 3.05. The summed E-state index contributed by atoms with van der Waals surface area (Å²) in [7, 11) is -1.57. The first-order valence-electron chi connectivity index (χ1n) is 7.13. The maximum atomic E-state index is 12.2. The summed E-state index contributed by atoms with van der Waals surface area (Å²) < 4.78 is 31.0. The van der Waals surface area contributed by atoms with Gasteiger partial charge in [0, 0.05) is 33.2 Å². The molecule has 2 N–H and O–H groups in total. The number of nitrogens with zero attached hydrogens (tertiary/aromatic N) is 2. The lowest BCUT2D eigenvalue weighted by atomic mass is 10.3. The van der Waals surface area contributed by atoms with E-state index >= 15 is 0 Å². The SMILES string of the molecule is CN=C(NCCS(=O)(=O)N1CCOCC1)NCc1ccsc1.I. The highest BCUT2D eigenvalue weighted by Gasteiger charge is 2.23. The van der Waals surface area contributed by atoms with Gasteiger partial charge >= 0.3 is 0 Å². The second kappa shape index (κ2) is 10.4. The highest BCUT2D eigenvalue weighted by Crippen LogP contribution is 2.05. The molecule has 132 valence electrons. The number of aliphatic imine (C=N–C) groups is 1. The van der Waals surface area contributed by atoms with Crippen molar-refractivity contribution in [3.63, 3.8) is 0 Å². The van der Waals surface area contributed by atoms with E-state index in [1.54, 1.807) is 18.4 Å². The third kappa shape index (κ3) is 6.91. The largest absolute Gasteiger partial charge is 0.379 e. The summed E-state index contributed by atoms with van der Waals surface area (Å²) in [6.07, 6.45) is 0. The van der Waals surface area contributed by atoms with Crippen LogP contribution in [-0.4, -0.2) is 64.3 Å². The molecule has 23 heavy (non-hydrogen) atoms. The first-order chi connectivity index (χ1) is 10.6. The van der Waals surface area contributed by atoms with Gasteiger partial charge in [-0.25, -0.2) is 8.42 Å². The monoisotopic (exact) mass is 474 g/mol. The minimum absolute atomic E-state index is 0. The zero-order valence-electron chi connectivity index (χ0n) is 13.0. The Labute approximate surface area is 158 Å². The number of nitrogens with one attached hydrogen (secondary N) is 2. The van der Waals surface area contributed by atoms with Gasteiger partial charge in [0.15, 0.2) is 5.96 Å². The topological polar surface area (TPSA) is 83.0 Å². The third-order valence-electron chi connectivity index (χ3n) is 3.28. The molecule has 1 aliphatic heterocycles. The van der Waals surface area contributed by atoms with E-state index in [4.69, 9.17) is 4.74 Å². The minimum atomic E-state index is -3.24. The molecule has 0 amide bonds.